The number of benzene rings is 2. The Hall–Kier alpha value is -2.81. The lowest BCUT2D eigenvalue weighted by Gasteiger charge is -2.00. The molecule has 0 aliphatic rings. The van der Waals surface area contributed by atoms with Crippen molar-refractivity contribution in [1.82, 2.24) is 9.55 Å². The maximum absolute atomic E-state index is 5.89. The zero-order valence-corrected chi connectivity index (χ0v) is 11.7. The highest BCUT2D eigenvalue weighted by molar-refractivity contribution is 5.79. The van der Waals surface area contributed by atoms with Gasteiger partial charge >= 0.3 is 0 Å². The maximum atomic E-state index is 5.89. The summed E-state index contributed by atoms with van der Waals surface area (Å²) in [5.74, 6) is 0.674. The standard InChI is InChI=1S/C18H14N2O/c1-13-6-2-3-7-15(13)18-19-16-12-14(8-9-17(16)21-18)20-10-4-5-11-20/h2-12H,1H3. The molecule has 21 heavy (non-hydrogen) atoms. The van der Waals surface area contributed by atoms with Crippen molar-refractivity contribution in [2.45, 2.75) is 6.92 Å². The van der Waals surface area contributed by atoms with Gasteiger partial charge < -0.3 is 8.98 Å². The first-order chi connectivity index (χ1) is 10.3. The smallest absolute Gasteiger partial charge is 0.227 e. The van der Waals surface area contributed by atoms with Gasteiger partial charge in [-0.1, -0.05) is 18.2 Å². The van der Waals surface area contributed by atoms with Crippen molar-refractivity contribution in [2.75, 3.05) is 0 Å². The number of hydrogen-bond donors (Lipinski definition) is 0. The van der Waals surface area contributed by atoms with Crippen LogP contribution in [0.25, 0.3) is 28.2 Å². The van der Waals surface area contributed by atoms with Gasteiger partial charge in [0.25, 0.3) is 0 Å². The molecule has 0 N–H and O–H groups in total. The van der Waals surface area contributed by atoms with E-state index in [0.717, 1.165) is 27.9 Å². The number of rotatable bonds is 2. The van der Waals surface area contributed by atoms with Gasteiger partial charge in [0.05, 0.1) is 0 Å². The Morgan fingerprint density at radius 2 is 1.76 bits per heavy atom. The Kier molecular flexibility index (Phi) is 2.64. The largest absolute Gasteiger partial charge is 0.436 e. The van der Waals surface area contributed by atoms with E-state index >= 15 is 0 Å². The molecule has 0 saturated carbocycles. The molecule has 4 aromatic rings. The summed E-state index contributed by atoms with van der Waals surface area (Å²) in [5, 5.41) is 0. The molecule has 0 unspecified atom stereocenters. The van der Waals surface area contributed by atoms with Crippen molar-refractivity contribution in [1.29, 1.82) is 0 Å². The molecular weight excluding hydrogens is 260 g/mol. The van der Waals surface area contributed by atoms with E-state index in [-0.39, 0.29) is 0 Å². The third kappa shape index (κ3) is 2.03. The predicted molar refractivity (Wildman–Crippen MR) is 83.5 cm³/mol. The van der Waals surface area contributed by atoms with Crippen molar-refractivity contribution >= 4 is 11.1 Å². The van der Waals surface area contributed by atoms with E-state index in [1.807, 2.05) is 60.9 Å². The molecule has 3 nitrogen and oxygen atoms in total. The number of oxazole rings is 1. The van der Waals surface area contributed by atoms with E-state index in [4.69, 9.17) is 4.42 Å². The molecule has 2 heterocycles. The number of aryl methyl sites for hydroxylation is 1. The molecule has 0 atom stereocenters. The van der Waals surface area contributed by atoms with Gasteiger partial charge in [-0.25, -0.2) is 4.98 Å². The Morgan fingerprint density at radius 3 is 2.57 bits per heavy atom. The highest BCUT2D eigenvalue weighted by Gasteiger charge is 2.10. The second kappa shape index (κ2) is 4.63. The van der Waals surface area contributed by atoms with E-state index in [1.165, 1.54) is 0 Å². The van der Waals surface area contributed by atoms with Gasteiger partial charge in [0, 0.05) is 23.6 Å². The summed E-state index contributed by atoms with van der Waals surface area (Å²) < 4.78 is 7.94. The molecule has 2 aromatic heterocycles. The number of hydrogen-bond acceptors (Lipinski definition) is 2. The van der Waals surface area contributed by atoms with Crippen LogP contribution in [0.4, 0.5) is 0 Å². The van der Waals surface area contributed by atoms with Gasteiger partial charge in [0.2, 0.25) is 5.89 Å². The van der Waals surface area contributed by atoms with Crippen LogP contribution in [0.1, 0.15) is 5.56 Å². The molecule has 0 aliphatic carbocycles. The molecule has 0 aliphatic heterocycles. The van der Waals surface area contributed by atoms with Gasteiger partial charge in [-0.2, -0.15) is 0 Å². The predicted octanol–water partition coefficient (Wildman–Crippen LogP) is 4.59. The summed E-state index contributed by atoms with van der Waals surface area (Å²) >= 11 is 0. The van der Waals surface area contributed by atoms with Crippen molar-refractivity contribution < 1.29 is 4.42 Å². The molecule has 3 heteroatoms. The van der Waals surface area contributed by atoms with Crippen LogP contribution in [0.5, 0.6) is 0 Å². The van der Waals surface area contributed by atoms with E-state index < -0.39 is 0 Å². The summed E-state index contributed by atoms with van der Waals surface area (Å²) in [6.45, 7) is 2.06. The first-order valence-electron chi connectivity index (χ1n) is 6.91. The van der Waals surface area contributed by atoms with Gasteiger partial charge in [-0.15, -0.1) is 0 Å². The Labute approximate surface area is 122 Å². The average molecular weight is 274 g/mol. The highest BCUT2D eigenvalue weighted by atomic mass is 16.3. The van der Waals surface area contributed by atoms with E-state index in [1.54, 1.807) is 0 Å². The SMILES string of the molecule is Cc1ccccc1-c1nc2cc(-n3cccc3)ccc2o1. The van der Waals surface area contributed by atoms with Crippen molar-refractivity contribution in [2.24, 2.45) is 0 Å². The maximum Gasteiger partial charge on any atom is 0.227 e. The minimum atomic E-state index is 0.674. The normalized spacial score (nSPS) is 11.1. The zero-order chi connectivity index (χ0) is 14.2. The van der Waals surface area contributed by atoms with Gasteiger partial charge in [0.1, 0.15) is 5.52 Å². The average Bonchev–Trinajstić information content (AvgIpc) is 3.16. The fraction of sp³-hybridized carbons (Fsp3) is 0.0556. The fourth-order valence-corrected chi connectivity index (χ4v) is 2.51. The van der Waals surface area contributed by atoms with Crippen LogP contribution in [0, 0.1) is 6.92 Å². The van der Waals surface area contributed by atoms with Crippen LogP contribution in [0.15, 0.2) is 71.4 Å². The lowest BCUT2D eigenvalue weighted by molar-refractivity contribution is 0.619. The molecule has 102 valence electrons. The van der Waals surface area contributed by atoms with Gasteiger partial charge in [-0.3, -0.25) is 0 Å². The number of aromatic nitrogens is 2. The second-order valence-electron chi connectivity index (χ2n) is 5.08. The quantitative estimate of drug-likeness (QED) is 0.535. The monoisotopic (exact) mass is 274 g/mol. The Bertz CT molecular complexity index is 904. The van der Waals surface area contributed by atoms with Crippen LogP contribution in [0.2, 0.25) is 0 Å². The van der Waals surface area contributed by atoms with Crippen LogP contribution in [-0.2, 0) is 0 Å². The minimum absolute atomic E-state index is 0.674. The third-order valence-electron chi connectivity index (χ3n) is 3.65. The molecule has 4 rings (SSSR count). The molecule has 2 aromatic carbocycles. The molecular formula is C18H14N2O. The van der Waals surface area contributed by atoms with Crippen LogP contribution in [0.3, 0.4) is 0 Å². The van der Waals surface area contributed by atoms with Crippen LogP contribution >= 0.6 is 0 Å². The third-order valence-corrected chi connectivity index (χ3v) is 3.65. The molecule has 0 fully saturated rings. The zero-order valence-electron chi connectivity index (χ0n) is 11.7. The van der Waals surface area contributed by atoms with Gasteiger partial charge in [0.15, 0.2) is 5.58 Å². The topological polar surface area (TPSA) is 31.0 Å². The van der Waals surface area contributed by atoms with E-state index in [9.17, 15) is 0 Å². The fourth-order valence-electron chi connectivity index (χ4n) is 2.51. The number of nitrogens with zero attached hydrogens (tertiary/aromatic N) is 2. The van der Waals surface area contributed by atoms with Crippen LogP contribution in [-0.4, -0.2) is 9.55 Å². The Balaban J connectivity index is 1.85. The van der Waals surface area contributed by atoms with Crippen molar-refractivity contribution in [3.8, 4) is 17.1 Å². The molecule has 0 spiro atoms. The second-order valence-corrected chi connectivity index (χ2v) is 5.08. The summed E-state index contributed by atoms with van der Waals surface area (Å²) in [4.78, 5) is 4.63. The molecule has 0 saturated heterocycles. The summed E-state index contributed by atoms with van der Waals surface area (Å²) in [7, 11) is 0. The van der Waals surface area contributed by atoms with E-state index in [2.05, 4.69) is 22.5 Å². The lowest BCUT2D eigenvalue weighted by atomic mass is 10.1. The minimum Gasteiger partial charge on any atom is -0.436 e. The van der Waals surface area contributed by atoms with Crippen molar-refractivity contribution in [3.63, 3.8) is 0 Å². The summed E-state index contributed by atoms with van der Waals surface area (Å²) in [6.07, 6.45) is 4.03. The first kappa shape index (κ1) is 12.0. The lowest BCUT2D eigenvalue weighted by Crippen LogP contribution is -1.88. The highest BCUT2D eigenvalue weighted by Crippen LogP contribution is 2.27. The van der Waals surface area contributed by atoms with Crippen molar-refractivity contribution in [3.05, 3.63) is 72.6 Å². The van der Waals surface area contributed by atoms with E-state index in [0.29, 0.717) is 5.89 Å². The molecule has 0 bridgehead atoms. The molecule has 0 amide bonds. The first-order valence-corrected chi connectivity index (χ1v) is 6.91. The number of fused-ring (bicyclic) bond motifs is 1. The molecule has 0 radical (unpaired) electrons. The van der Waals surface area contributed by atoms with Gasteiger partial charge in [-0.05, 0) is 48.9 Å². The Morgan fingerprint density at radius 1 is 0.952 bits per heavy atom. The summed E-state index contributed by atoms with van der Waals surface area (Å²) in [6, 6.07) is 18.2. The van der Waals surface area contributed by atoms with Crippen LogP contribution < -0.4 is 0 Å². The summed E-state index contributed by atoms with van der Waals surface area (Å²) in [5.41, 5.74) is 4.96.